The van der Waals surface area contributed by atoms with Crippen LogP contribution in [-0.2, 0) is 16.0 Å². The van der Waals surface area contributed by atoms with Gasteiger partial charge in [0.05, 0.1) is 12.8 Å². The molecule has 0 unspecified atom stereocenters. The average molecular weight is 347 g/mol. The smallest absolute Gasteiger partial charge is 0.313 e. The SMILES string of the molecule is COC(=O)Cc1nc2nccc(-c3ccc(Br)cc3)n2n1. The van der Waals surface area contributed by atoms with E-state index in [0.29, 0.717) is 11.6 Å². The molecule has 3 rings (SSSR count). The number of methoxy groups -OCH3 is 1. The minimum absolute atomic E-state index is 0.0274. The molecule has 0 saturated carbocycles. The van der Waals surface area contributed by atoms with Crippen molar-refractivity contribution in [3.63, 3.8) is 0 Å². The predicted molar refractivity (Wildman–Crippen MR) is 79.6 cm³/mol. The highest BCUT2D eigenvalue weighted by molar-refractivity contribution is 9.10. The van der Waals surface area contributed by atoms with E-state index >= 15 is 0 Å². The Labute approximate surface area is 128 Å². The second kappa shape index (κ2) is 5.61. The number of carbonyl (C=O) groups excluding carboxylic acids is 1. The van der Waals surface area contributed by atoms with Gasteiger partial charge in [0.25, 0.3) is 5.78 Å². The molecule has 0 aliphatic heterocycles. The largest absolute Gasteiger partial charge is 0.469 e. The number of fused-ring (bicyclic) bond motifs is 1. The van der Waals surface area contributed by atoms with Crippen LogP contribution in [0.25, 0.3) is 17.0 Å². The molecule has 2 heterocycles. The van der Waals surface area contributed by atoms with Crippen molar-refractivity contribution in [1.29, 1.82) is 0 Å². The van der Waals surface area contributed by atoms with Gasteiger partial charge in [-0.1, -0.05) is 28.1 Å². The molecule has 0 aliphatic carbocycles. The van der Waals surface area contributed by atoms with Crippen LogP contribution in [0.3, 0.4) is 0 Å². The van der Waals surface area contributed by atoms with Crippen molar-refractivity contribution in [2.45, 2.75) is 6.42 Å². The molecule has 106 valence electrons. The molecular weight excluding hydrogens is 336 g/mol. The van der Waals surface area contributed by atoms with Gasteiger partial charge in [-0.05, 0) is 18.2 Å². The number of aromatic nitrogens is 4. The molecule has 2 aromatic heterocycles. The minimum atomic E-state index is -0.379. The van der Waals surface area contributed by atoms with E-state index < -0.39 is 0 Å². The Morgan fingerprint density at radius 3 is 2.76 bits per heavy atom. The number of rotatable bonds is 3. The van der Waals surface area contributed by atoms with Crippen LogP contribution in [0.4, 0.5) is 0 Å². The Bertz CT molecular complexity index is 798. The molecule has 0 aliphatic rings. The van der Waals surface area contributed by atoms with Crippen molar-refractivity contribution in [3.8, 4) is 11.3 Å². The van der Waals surface area contributed by atoms with Gasteiger partial charge in [0.2, 0.25) is 0 Å². The maximum atomic E-state index is 11.3. The summed E-state index contributed by atoms with van der Waals surface area (Å²) in [7, 11) is 1.34. The van der Waals surface area contributed by atoms with E-state index in [1.807, 2.05) is 30.3 Å². The molecule has 21 heavy (non-hydrogen) atoms. The van der Waals surface area contributed by atoms with E-state index in [1.165, 1.54) is 7.11 Å². The zero-order valence-corrected chi connectivity index (χ0v) is 12.7. The second-order valence-corrected chi connectivity index (χ2v) is 5.25. The van der Waals surface area contributed by atoms with Crippen molar-refractivity contribution in [1.82, 2.24) is 19.6 Å². The lowest BCUT2D eigenvalue weighted by molar-refractivity contribution is -0.139. The van der Waals surface area contributed by atoms with Gasteiger partial charge in [-0.2, -0.15) is 9.50 Å². The van der Waals surface area contributed by atoms with E-state index in [2.05, 4.69) is 35.7 Å². The molecule has 3 aromatic rings. The van der Waals surface area contributed by atoms with Gasteiger partial charge in [0, 0.05) is 16.2 Å². The number of hydrogen-bond donors (Lipinski definition) is 0. The monoisotopic (exact) mass is 346 g/mol. The van der Waals surface area contributed by atoms with Crippen LogP contribution in [0.2, 0.25) is 0 Å². The van der Waals surface area contributed by atoms with Crippen LogP contribution >= 0.6 is 15.9 Å². The number of hydrogen-bond acceptors (Lipinski definition) is 5. The third-order valence-electron chi connectivity index (χ3n) is 2.95. The highest BCUT2D eigenvalue weighted by Gasteiger charge is 2.12. The normalized spacial score (nSPS) is 10.8. The molecule has 0 spiro atoms. The molecule has 0 amide bonds. The Morgan fingerprint density at radius 2 is 2.05 bits per heavy atom. The molecule has 0 N–H and O–H groups in total. The van der Waals surface area contributed by atoms with Crippen molar-refractivity contribution < 1.29 is 9.53 Å². The maximum Gasteiger partial charge on any atom is 0.313 e. The summed E-state index contributed by atoms with van der Waals surface area (Å²) in [6.45, 7) is 0. The number of nitrogens with zero attached hydrogens (tertiary/aromatic N) is 4. The first-order valence-corrected chi connectivity index (χ1v) is 7.00. The number of carbonyl (C=O) groups is 1. The van der Waals surface area contributed by atoms with Crippen molar-refractivity contribution in [2.75, 3.05) is 7.11 Å². The molecule has 0 saturated heterocycles. The molecule has 1 aromatic carbocycles. The minimum Gasteiger partial charge on any atom is -0.469 e. The second-order valence-electron chi connectivity index (χ2n) is 4.33. The van der Waals surface area contributed by atoms with E-state index in [-0.39, 0.29) is 12.4 Å². The van der Waals surface area contributed by atoms with Gasteiger partial charge in [0.15, 0.2) is 5.82 Å². The van der Waals surface area contributed by atoms with Crippen molar-refractivity contribution in [3.05, 3.63) is 46.8 Å². The van der Waals surface area contributed by atoms with Gasteiger partial charge in [-0.15, -0.1) is 5.10 Å². The van der Waals surface area contributed by atoms with Crippen LogP contribution in [0.1, 0.15) is 5.82 Å². The molecule has 0 fully saturated rings. The van der Waals surface area contributed by atoms with E-state index in [9.17, 15) is 4.79 Å². The average Bonchev–Trinajstić information content (AvgIpc) is 2.90. The third kappa shape index (κ3) is 2.78. The summed E-state index contributed by atoms with van der Waals surface area (Å²) in [5, 5.41) is 4.33. The summed E-state index contributed by atoms with van der Waals surface area (Å²) in [5.41, 5.74) is 1.84. The highest BCUT2D eigenvalue weighted by atomic mass is 79.9. The summed E-state index contributed by atoms with van der Waals surface area (Å²) in [6.07, 6.45) is 1.70. The molecule has 6 nitrogen and oxygen atoms in total. The topological polar surface area (TPSA) is 69.4 Å². The number of ether oxygens (including phenoxy) is 1. The fourth-order valence-corrected chi connectivity index (χ4v) is 2.22. The fourth-order valence-electron chi connectivity index (χ4n) is 1.95. The predicted octanol–water partition coefficient (Wildman–Crippen LogP) is 2.27. The van der Waals surface area contributed by atoms with Gasteiger partial charge in [-0.25, -0.2) is 4.98 Å². The maximum absolute atomic E-state index is 11.3. The Morgan fingerprint density at radius 1 is 1.29 bits per heavy atom. The summed E-state index contributed by atoms with van der Waals surface area (Å²) < 4.78 is 7.25. The lowest BCUT2D eigenvalue weighted by atomic mass is 10.1. The third-order valence-corrected chi connectivity index (χ3v) is 3.48. The van der Waals surface area contributed by atoms with Gasteiger partial charge in [0.1, 0.15) is 6.42 Å². The van der Waals surface area contributed by atoms with E-state index in [0.717, 1.165) is 15.7 Å². The zero-order valence-electron chi connectivity index (χ0n) is 11.2. The lowest BCUT2D eigenvalue weighted by Gasteiger charge is -2.03. The Hall–Kier alpha value is -2.28. The van der Waals surface area contributed by atoms with Gasteiger partial charge >= 0.3 is 5.97 Å². The first-order chi connectivity index (χ1) is 10.2. The summed E-state index contributed by atoms with van der Waals surface area (Å²) in [4.78, 5) is 19.7. The first-order valence-electron chi connectivity index (χ1n) is 6.21. The zero-order chi connectivity index (χ0) is 14.8. The summed E-state index contributed by atoms with van der Waals surface area (Å²) in [5.74, 6) is 0.462. The quantitative estimate of drug-likeness (QED) is 0.680. The van der Waals surface area contributed by atoms with Gasteiger partial charge in [-0.3, -0.25) is 4.79 Å². The molecule has 0 bridgehead atoms. The molecule has 0 atom stereocenters. The first kappa shape index (κ1) is 13.7. The Balaban J connectivity index is 2.07. The summed E-state index contributed by atoms with van der Waals surface area (Å²) in [6, 6.07) is 9.70. The van der Waals surface area contributed by atoms with Crippen LogP contribution in [0, 0.1) is 0 Å². The molecular formula is C14H11BrN4O2. The van der Waals surface area contributed by atoms with Crippen LogP contribution in [0.15, 0.2) is 41.0 Å². The standard InChI is InChI=1S/C14H11BrN4O2/c1-21-13(20)8-12-17-14-16-7-6-11(19(14)18-12)9-2-4-10(15)5-3-9/h2-7H,8H2,1H3. The van der Waals surface area contributed by atoms with Crippen LogP contribution in [0.5, 0.6) is 0 Å². The Kier molecular flexibility index (Phi) is 3.66. The fraction of sp³-hybridized carbons (Fsp3) is 0.143. The molecule has 7 heteroatoms. The van der Waals surface area contributed by atoms with E-state index in [4.69, 9.17) is 0 Å². The van der Waals surface area contributed by atoms with Crippen LogP contribution < -0.4 is 0 Å². The number of halogens is 1. The van der Waals surface area contributed by atoms with E-state index in [1.54, 1.807) is 10.7 Å². The van der Waals surface area contributed by atoms with Crippen molar-refractivity contribution >= 4 is 27.7 Å². The summed E-state index contributed by atoms with van der Waals surface area (Å²) >= 11 is 3.41. The van der Waals surface area contributed by atoms with Gasteiger partial charge < -0.3 is 4.74 Å². The number of benzene rings is 1. The highest BCUT2D eigenvalue weighted by Crippen LogP contribution is 2.21. The number of esters is 1. The van der Waals surface area contributed by atoms with Crippen LogP contribution in [-0.4, -0.2) is 32.7 Å². The molecule has 0 radical (unpaired) electrons. The lowest BCUT2D eigenvalue weighted by Crippen LogP contribution is -2.06. The van der Waals surface area contributed by atoms with Crippen molar-refractivity contribution in [2.24, 2.45) is 0 Å².